The quantitative estimate of drug-likeness (QED) is 0.692. The molecule has 3 aromatic rings. The predicted octanol–water partition coefficient (Wildman–Crippen LogP) is 3.40. The van der Waals surface area contributed by atoms with Crippen molar-refractivity contribution in [2.45, 2.75) is 11.8 Å². The third-order valence-electron chi connectivity index (χ3n) is 2.45. The van der Waals surface area contributed by atoms with E-state index in [4.69, 9.17) is 4.55 Å². The molecule has 0 spiro atoms. The Morgan fingerprint density at radius 2 is 1.13 bits per heavy atom. The Balaban J connectivity index is 0.000000187. The van der Waals surface area contributed by atoms with E-state index in [-0.39, 0.29) is 4.90 Å². The van der Waals surface area contributed by atoms with E-state index in [0.29, 0.717) is 0 Å². The molecule has 5 nitrogen and oxygen atoms in total. The van der Waals surface area contributed by atoms with Crippen molar-refractivity contribution in [1.29, 1.82) is 0 Å². The summed E-state index contributed by atoms with van der Waals surface area (Å²) in [6.07, 6.45) is 7.00. The molecule has 0 unspecified atom stereocenters. The molecule has 0 aliphatic carbocycles. The third kappa shape index (κ3) is 9.13. The second-order valence-electron chi connectivity index (χ2n) is 4.34. The second-order valence-corrected chi connectivity index (χ2v) is 5.76. The lowest BCUT2D eigenvalue weighted by Gasteiger charge is -1.95. The molecule has 6 heteroatoms. The largest absolute Gasteiger partial charge is 0.294 e. The van der Waals surface area contributed by atoms with Gasteiger partial charge in [-0.3, -0.25) is 14.5 Å². The fourth-order valence-electron chi connectivity index (χ4n) is 1.34. The van der Waals surface area contributed by atoms with E-state index in [2.05, 4.69) is 9.97 Å². The summed E-state index contributed by atoms with van der Waals surface area (Å²) in [5, 5.41) is 0. The maximum absolute atomic E-state index is 10.5. The maximum Gasteiger partial charge on any atom is 0.294 e. The summed E-state index contributed by atoms with van der Waals surface area (Å²) >= 11 is 0. The molecule has 0 atom stereocenters. The highest BCUT2D eigenvalue weighted by Crippen LogP contribution is 2.08. The summed E-state index contributed by atoms with van der Waals surface area (Å²) in [5.74, 6) is 0. The molecule has 3 rings (SSSR count). The SMILES string of the molecule is Cc1ccc(S(=O)(=O)O)cc1.c1ccncc1.c1ccncc1. The summed E-state index contributed by atoms with van der Waals surface area (Å²) in [4.78, 5) is 7.50. The van der Waals surface area contributed by atoms with E-state index in [0.717, 1.165) is 5.56 Å². The van der Waals surface area contributed by atoms with Gasteiger partial charge < -0.3 is 0 Å². The third-order valence-corrected chi connectivity index (χ3v) is 3.32. The Kier molecular flexibility index (Phi) is 8.20. The Morgan fingerprint density at radius 3 is 1.35 bits per heavy atom. The van der Waals surface area contributed by atoms with E-state index in [1.807, 2.05) is 43.3 Å². The van der Waals surface area contributed by atoms with E-state index in [9.17, 15) is 8.42 Å². The van der Waals surface area contributed by atoms with Gasteiger partial charge in [-0.2, -0.15) is 8.42 Å². The molecular formula is C17H18N2O3S. The van der Waals surface area contributed by atoms with E-state index in [1.165, 1.54) is 12.1 Å². The van der Waals surface area contributed by atoms with Gasteiger partial charge >= 0.3 is 0 Å². The van der Waals surface area contributed by atoms with Gasteiger partial charge in [0.25, 0.3) is 10.1 Å². The number of rotatable bonds is 1. The summed E-state index contributed by atoms with van der Waals surface area (Å²) in [5.41, 5.74) is 0.956. The molecule has 0 aliphatic rings. The lowest BCUT2D eigenvalue weighted by Crippen LogP contribution is -1.96. The van der Waals surface area contributed by atoms with Gasteiger partial charge in [0.2, 0.25) is 0 Å². The zero-order chi connectivity index (χ0) is 17.0. The normalized spacial score (nSPS) is 9.65. The Labute approximate surface area is 136 Å². The Morgan fingerprint density at radius 1 is 0.739 bits per heavy atom. The molecular weight excluding hydrogens is 312 g/mol. The number of pyridine rings is 2. The van der Waals surface area contributed by atoms with Crippen molar-refractivity contribution < 1.29 is 13.0 Å². The van der Waals surface area contributed by atoms with Crippen molar-refractivity contribution in [2.75, 3.05) is 0 Å². The molecule has 23 heavy (non-hydrogen) atoms. The first-order chi connectivity index (χ1) is 11.0. The molecule has 0 bridgehead atoms. The predicted molar refractivity (Wildman–Crippen MR) is 89.5 cm³/mol. The van der Waals surface area contributed by atoms with Crippen molar-refractivity contribution in [3.05, 3.63) is 91.0 Å². The summed E-state index contributed by atoms with van der Waals surface area (Å²) in [7, 11) is -4.02. The van der Waals surface area contributed by atoms with Crippen LogP contribution in [-0.4, -0.2) is 22.9 Å². The molecule has 1 aromatic carbocycles. The van der Waals surface area contributed by atoms with E-state index >= 15 is 0 Å². The minimum Gasteiger partial charge on any atom is -0.282 e. The number of aryl methyl sites for hydroxylation is 1. The van der Waals surface area contributed by atoms with E-state index in [1.54, 1.807) is 36.9 Å². The molecule has 0 saturated heterocycles. The van der Waals surface area contributed by atoms with Crippen LogP contribution in [0.25, 0.3) is 0 Å². The van der Waals surface area contributed by atoms with Crippen LogP contribution < -0.4 is 0 Å². The molecule has 0 amide bonds. The van der Waals surface area contributed by atoms with Gasteiger partial charge in [-0.05, 0) is 43.3 Å². The number of hydrogen-bond acceptors (Lipinski definition) is 4. The van der Waals surface area contributed by atoms with Gasteiger partial charge in [-0.1, -0.05) is 29.8 Å². The van der Waals surface area contributed by atoms with Crippen LogP contribution in [0.4, 0.5) is 0 Å². The van der Waals surface area contributed by atoms with Crippen LogP contribution in [0, 0.1) is 6.92 Å². The molecule has 0 aliphatic heterocycles. The van der Waals surface area contributed by atoms with Crippen LogP contribution in [0.1, 0.15) is 5.56 Å². The summed E-state index contributed by atoms with van der Waals surface area (Å²) < 4.78 is 29.6. The second kappa shape index (κ2) is 10.2. The number of hydrogen-bond donors (Lipinski definition) is 1. The number of aromatic nitrogens is 2. The highest BCUT2D eigenvalue weighted by atomic mass is 32.2. The Bertz CT molecular complexity index is 662. The molecule has 1 N–H and O–H groups in total. The zero-order valence-electron chi connectivity index (χ0n) is 12.6. The molecule has 0 saturated carbocycles. The molecule has 120 valence electrons. The van der Waals surface area contributed by atoms with Gasteiger partial charge in [0, 0.05) is 24.8 Å². The van der Waals surface area contributed by atoms with Gasteiger partial charge in [-0.15, -0.1) is 0 Å². The molecule has 2 aromatic heterocycles. The first kappa shape index (κ1) is 18.5. The van der Waals surface area contributed by atoms with Crippen LogP contribution in [-0.2, 0) is 10.1 Å². The Hall–Kier alpha value is -2.57. The van der Waals surface area contributed by atoms with Gasteiger partial charge in [-0.25, -0.2) is 0 Å². The summed E-state index contributed by atoms with van der Waals surface area (Å²) in [6, 6.07) is 17.4. The van der Waals surface area contributed by atoms with E-state index < -0.39 is 10.1 Å². The lowest BCUT2D eigenvalue weighted by molar-refractivity contribution is 0.483. The smallest absolute Gasteiger partial charge is 0.282 e. The maximum atomic E-state index is 10.5. The monoisotopic (exact) mass is 330 g/mol. The van der Waals surface area contributed by atoms with Crippen molar-refractivity contribution in [3.8, 4) is 0 Å². The minimum absolute atomic E-state index is 0.0666. The number of benzene rings is 1. The molecule has 0 radical (unpaired) electrons. The van der Waals surface area contributed by atoms with Crippen molar-refractivity contribution >= 4 is 10.1 Å². The van der Waals surface area contributed by atoms with Gasteiger partial charge in [0.1, 0.15) is 0 Å². The minimum atomic E-state index is -4.02. The van der Waals surface area contributed by atoms with Crippen LogP contribution in [0.15, 0.2) is 90.3 Å². The topological polar surface area (TPSA) is 80.2 Å². The molecule has 2 heterocycles. The number of nitrogens with zero attached hydrogens (tertiary/aromatic N) is 2. The average Bonchev–Trinajstić information content (AvgIpc) is 2.59. The van der Waals surface area contributed by atoms with Crippen molar-refractivity contribution in [1.82, 2.24) is 9.97 Å². The van der Waals surface area contributed by atoms with Crippen LogP contribution >= 0.6 is 0 Å². The lowest BCUT2D eigenvalue weighted by atomic mass is 10.2. The molecule has 0 fully saturated rings. The first-order valence-corrected chi connectivity index (χ1v) is 8.18. The summed E-state index contributed by atoms with van der Waals surface area (Å²) in [6.45, 7) is 1.84. The van der Waals surface area contributed by atoms with Crippen molar-refractivity contribution in [3.63, 3.8) is 0 Å². The highest BCUT2D eigenvalue weighted by Gasteiger charge is 2.06. The standard InChI is InChI=1S/C7H8O3S.2C5H5N/c1-6-2-4-7(5-3-6)11(8,9)10;2*1-2-4-6-5-3-1/h2-5H,1H3,(H,8,9,10);2*1-5H. The van der Waals surface area contributed by atoms with Crippen LogP contribution in [0.3, 0.4) is 0 Å². The van der Waals surface area contributed by atoms with Crippen molar-refractivity contribution in [2.24, 2.45) is 0 Å². The van der Waals surface area contributed by atoms with Gasteiger partial charge in [0.15, 0.2) is 0 Å². The van der Waals surface area contributed by atoms with Crippen LogP contribution in [0.5, 0.6) is 0 Å². The highest BCUT2D eigenvalue weighted by molar-refractivity contribution is 7.85. The first-order valence-electron chi connectivity index (χ1n) is 6.74. The average molecular weight is 330 g/mol. The van der Waals surface area contributed by atoms with Crippen LogP contribution in [0.2, 0.25) is 0 Å². The van der Waals surface area contributed by atoms with Gasteiger partial charge in [0.05, 0.1) is 4.90 Å². The fraction of sp³-hybridized carbons (Fsp3) is 0.0588. The fourth-order valence-corrected chi connectivity index (χ4v) is 1.82. The zero-order valence-corrected chi connectivity index (χ0v) is 13.5.